The molecule has 16 rings (SSSR count). The van der Waals surface area contributed by atoms with Gasteiger partial charge in [0.2, 0.25) is 0 Å². The van der Waals surface area contributed by atoms with Gasteiger partial charge in [0.1, 0.15) is 34.9 Å². The van der Waals surface area contributed by atoms with Crippen LogP contribution in [0.1, 0.15) is 300 Å². The van der Waals surface area contributed by atoms with E-state index in [9.17, 15) is 0 Å². The summed E-state index contributed by atoms with van der Waals surface area (Å²) < 4.78 is 0. The molecule has 0 aliphatic carbocycles. The number of unbranched alkanes of at least 4 members (excludes halogenated alkanes) is 15. The van der Waals surface area contributed by atoms with E-state index in [4.69, 9.17) is 68.8 Å². The number of fused-ring (bicyclic) bond motifs is 6. The first kappa shape index (κ1) is 111. The predicted octanol–water partition coefficient (Wildman–Crippen LogP) is 26.4. The fraction of sp³-hybridized carbons (Fsp3) is 0.376. The molecule has 18 heteroatoms. The molecule has 143 heavy (non-hydrogen) atoms. The minimum absolute atomic E-state index is 0.566. The van der Waals surface area contributed by atoms with Gasteiger partial charge in [-0.25, -0.2) is 29.9 Å². The fourth-order valence-corrected chi connectivity index (χ4v) is 19.6. The maximum Gasteiger partial charge on any atom is 0.127 e. The van der Waals surface area contributed by atoms with Crippen molar-refractivity contribution in [1.29, 1.82) is 0 Å². The van der Waals surface area contributed by atoms with Crippen LogP contribution in [0, 0.1) is 0 Å². The number of nitrogen functional groups attached to an aromatic ring is 6. The van der Waals surface area contributed by atoms with Gasteiger partial charge in [-0.3, -0.25) is 0 Å². The van der Waals surface area contributed by atoms with Crippen LogP contribution in [0.3, 0.4) is 0 Å². The van der Waals surface area contributed by atoms with E-state index < -0.39 is 0 Å². The van der Waals surface area contributed by atoms with Crippen molar-refractivity contribution in [2.75, 3.05) is 47.5 Å². The number of hydrogen-bond donors (Lipinski definition) is 12. The van der Waals surface area contributed by atoms with Gasteiger partial charge in [-0.05, 0) is 302 Å². The van der Waals surface area contributed by atoms with Crippen LogP contribution in [0.5, 0.6) is 0 Å². The number of anilines is 6. The topological polar surface area (TPSA) is 390 Å². The summed E-state index contributed by atoms with van der Waals surface area (Å²) in [4.78, 5) is 27.8. The van der Waals surface area contributed by atoms with Crippen molar-refractivity contribution >= 4 is 100 Å². The molecule has 18 nitrogen and oxygen atoms in total. The molecule has 0 unspecified atom stereocenters. The van der Waals surface area contributed by atoms with E-state index in [-0.39, 0.29) is 0 Å². The summed E-state index contributed by atoms with van der Waals surface area (Å²) in [5, 5.41) is 7.38. The van der Waals surface area contributed by atoms with Gasteiger partial charge in [0.25, 0.3) is 0 Å². The molecule has 24 N–H and O–H groups in total. The Morgan fingerprint density at radius 2 is 0.357 bits per heavy atom. The second-order valence-corrected chi connectivity index (χ2v) is 38.2. The van der Waals surface area contributed by atoms with Gasteiger partial charge >= 0.3 is 0 Å². The minimum Gasteiger partial charge on any atom is -0.383 e. The van der Waals surface area contributed by atoms with E-state index in [1.165, 1.54) is 224 Å². The number of nitrogens with zero attached hydrogens (tertiary/aromatic N) is 6. The zero-order valence-corrected chi connectivity index (χ0v) is 86.7. The third kappa shape index (κ3) is 32.4. The minimum atomic E-state index is 0.566. The molecule has 6 aromatic heterocycles. The lowest BCUT2D eigenvalue weighted by molar-refractivity contribution is 0.678. The molecule has 0 fully saturated rings. The average Bonchev–Trinajstić information content (AvgIpc) is 0.813. The molecule has 0 saturated heterocycles. The highest BCUT2D eigenvalue weighted by Gasteiger charge is 2.22. The first-order valence-electron chi connectivity index (χ1n) is 53.4. The van der Waals surface area contributed by atoms with Crippen molar-refractivity contribution < 1.29 is 0 Å². The highest BCUT2D eigenvalue weighted by atomic mass is 14.9. The van der Waals surface area contributed by atoms with E-state index in [0.717, 1.165) is 196 Å². The molecule has 754 valence electrons. The van der Waals surface area contributed by atoms with E-state index in [0.29, 0.717) is 55.3 Å². The lowest BCUT2D eigenvalue weighted by atomic mass is 9.92. The molecule has 0 radical (unpaired) electrons. The summed E-state index contributed by atoms with van der Waals surface area (Å²) >= 11 is 0. The number of benzene rings is 10. The van der Waals surface area contributed by atoms with Crippen molar-refractivity contribution in [3.05, 3.63) is 354 Å². The molecule has 0 bridgehead atoms. The zero-order valence-electron chi connectivity index (χ0n) is 86.7. The Balaban J connectivity index is 0.000000164. The van der Waals surface area contributed by atoms with E-state index in [1.54, 1.807) is 0 Å². The van der Waals surface area contributed by atoms with Crippen molar-refractivity contribution in [3.63, 3.8) is 0 Å². The van der Waals surface area contributed by atoms with Gasteiger partial charge in [-0.2, -0.15) is 0 Å². The molecule has 0 aliphatic rings. The second kappa shape index (κ2) is 60.0. The number of aryl methyl sites for hydroxylation is 2. The summed E-state index contributed by atoms with van der Waals surface area (Å²) in [5.74, 6) is 4.17. The smallest absolute Gasteiger partial charge is 0.127 e. The molecule has 0 amide bonds. The van der Waals surface area contributed by atoms with Gasteiger partial charge in [-0.1, -0.05) is 331 Å². The summed E-state index contributed by atoms with van der Waals surface area (Å²) in [6, 6.07) is 84.1. The summed E-state index contributed by atoms with van der Waals surface area (Å²) in [6.45, 7) is 17.2. The third-order valence-electron chi connectivity index (χ3n) is 27.6. The van der Waals surface area contributed by atoms with Crippen LogP contribution in [0.4, 0.5) is 34.9 Å². The average molecular weight is 1920 g/mol. The lowest BCUT2D eigenvalue weighted by Gasteiger charge is -2.16. The molecule has 0 spiro atoms. The van der Waals surface area contributed by atoms with Gasteiger partial charge in [0.15, 0.2) is 0 Å². The Bertz CT molecular complexity index is 6300. The van der Waals surface area contributed by atoms with Gasteiger partial charge in [-0.15, -0.1) is 0 Å². The van der Waals surface area contributed by atoms with Gasteiger partial charge < -0.3 is 68.8 Å². The maximum atomic E-state index is 6.35. The summed E-state index contributed by atoms with van der Waals surface area (Å²) in [6.07, 6.45) is 38.9. The molecule has 10 aromatic carbocycles. The van der Waals surface area contributed by atoms with Crippen LogP contribution in [-0.4, -0.2) is 43.0 Å². The number of nitrogens with two attached hydrogens (primary N) is 12. The Morgan fingerprint density at radius 3 is 0.594 bits per heavy atom. The standard InChI is InChI=1S/4C22H27N3.C19H29N3.C18H27N3/c2*1-2-3-4-11-19-20(14-16-8-7-9-17(13-16)15-23)18-10-5-6-12-21(18)25-22(19)24;2*1-2-3-4-8-19-20(14-16-10-12-17(15-23)13-11-16)18-7-5-6-9-21(18)25-22(19)24;1-2-3-5-12-17-15(10-6-4-9-14-20)16-11-7-8-13-18(16)22-19(17)21;1-2-3-4-11-16-14(9-7-8-13-19)15-10-5-6-12-17(15)21-18(16)20/h2*5-10,12-13H,2-4,11,14-15,23H2,1H3,(H2,24,25);2*5-7,9-13H,2-4,8,14-15,23H2,1H3,(H2,24,25);7-8,11,13H,2-6,9-10,12,14,20H2,1H3,(H2,21,22);5-6,10,12H,2-4,7-9,11,13,19H2,1H3,(H2,20,21). The molecular formula is C125H164N18. The number of para-hydroxylation sites is 6. The van der Waals surface area contributed by atoms with Crippen LogP contribution in [0.2, 0.25) is 0 Å². The quantitative estimate of drug-likeness (QED) is 0.0158. The van der Waals surface area contributed by atoms with Gasteiger partial charge in [0.05, 0.1) is 33.1 Å². The van der Waals surface area contributed by atoms with Crippen LogP contribution < -0.4 is 68.8 Å². The highest BCUT2D eigenvalue weighted by Crippen LogP contribution is 2.37. The Kier molecular flexibility index (Phi) is 46.4. The fourth-order valence-electron chi connectivity index (χ4n) is 19.6. The van der Waals surface area contributed by atoms with Crippen LogP contribution >= 0.6 is 0 Å². The number of aromatic nitrogens is 6. The number of rotatable bonds is 45. The van der Waals surface area contributed by atoms with Crippen molar-refractivity contribution in [3.8, 4) is 0 Å². The van der Waals surface area contributed by atoms with E-state index in [2.05, 4.69) is 247 Å². The predicted molar refractivity (Wildman–Crippen MR) is 613 cm³/mol. The molecule has 0 atom stereocenters. The number of pyridine rings is 6. The van der Waals surface area contributed by atoms with E-state index >= 15 is 0 Å². The van der Waals surface area contributed by atoms with Gasteiger partial charge in [0, 0.05) is 58.5 Å². The molecule has 16 aromatic rings. The normalized spacial score (nSPS) is 11.1. The molecular weight excluding hydrogens is 1750 g/mol. The molecule has 0 saturated carbocycles. The first-order chi connectivity index (χ1) is 69.9. The van der Waals surface area contributed by atoms with Crippen LogP contribution in [0.25, 0.3) is 65.4 Å². The number of hydrogen-bond acceptors (Lipinski definition) is 18. The molecule has 0 aliphatic heterocycles. The summed E-state index contributed by atoms with van der Waals surface area (Å²) in [5.41, 5.74) is 103. The lowest BCUT2D eigenvalue weighted by Crippen LogP contribution is -2.06. The highest BCUT2D eigenvalue weighted by molar-refractivity contribution is 5.91. The maximum absolute atomic E-state index is 6.35. The monoisotopic (exact) mass is 1920 g/mol. The SMILES string of the molecule is CCCCCc1c(N)nc2ccccc2c1CCCCCN.CCCCCc1c(N)nc2ccccc2c1CCCCN.CCCCCc1c(N)nc2ccccc2c1Cc1ccc(CN)cc1.CCCCCc1c(N)nc2ccccc2c1Cc1ccc(CN)cc1.CCCCCc1c(N)nc2ccccc2c1Cc1cccc(CN)c1.CCCCCc1c(N)nc2ccccc2c1Cc1cccc(CN)c1. The van der Waals surface area contributed by atoms with Crippen molar-refractivity contribution in [2.24, 2.45) is 34.4 Å². The summed E-state index contributed by atoms with van der Waals surface area (Å²) in [7, 11) is 0. The van der Waals surface area contributed by atoms with Crippen molar-refractivity contribution in [1.82, 2.24) is 29.9 Å². The first-order valence-corrected chi connectivity index (χ1v) is 53.4. The van der Waals surface area contributed by atoms with Crippen LogP contribution in [0.15, 0.2) is 243 Å². The second-order valence-electron chi connectivity index (χ2n) is 38.2. The van der Waals surface area contributed by atoms with Crippen LogP contribution in [-0.2, 0) is 103 Å². The van der Waals surface area contributed by atoms with E-state index in [1.807, 2.05) is 66.7 Å². The Morgan fingerprint density at radius 1 is 0.168 bits per heavy atom. The van der Waals surface area contributed by atoms with Crippen molar-refractivity contribution in [2.45, 2.75) is 292 Å². The Hall–Kier alpha value is -12.8. The Labute approximate surface area is 853 Å². The largest absolute Gasteiger partial charge is 0.383 e. The molecule has 6 heterocycles. The third-order valence-corrected chi connectivity index (χ3v) is 27.6. The zero-order chi connectivity index (χ0) is 101.